The Hall–Kier alpha value is -1.55. The zero-order valence-electron chi connectivity index (χ0n) is 7.79. The smallest absolute Gasteiger partial charge is 0.250 e. The normalized spacial score (nSPS) is 19.6. The maximum atomic E-state index is 11.1. The average molecular weight is 191 g/mol. The minimum Gasteiger partial charge on any atom is -0.383 e. The molecule has 0 fully saturated rings. The number of fused-ring (bicyclic) bond motifs is 1. The van der Waals surface area contributed by atoms with E-state index in [0.29, 0.717) is 12.1 Å². The Morgan fingerprint density at radius 3 is 3.00 bits per heavy atom. The predicted molar refractivity (Wildman–Crippen MR) is 55.1 cm³/mol. The summed E-state index contributed by atoms with van der Waals surface area (Å²) in [4.78, 5) is 11.1. The van der Waals surface area contributed by atoms with Crippen LogP contribution in [0.25, 0.3) is 0 Å². The van der Waals surface area contributed by atoms with Gasteiger partial charge in [-0.1, -0.05) is 12.1 Å². The first-order valence-corrected chi connectivity index (χ1v) is 4.59. The molecule has 5 N–H and O–H groups in total. The van der Waals surface area contributed by atoms with Crippen molar-refractivity contribution in [1.82, 2.24) is 0 Å². The van der Waals surface area contributed by atoms with Gasteiger partial charge >= 0.3 is 0 Å². The fourth-order valence-electron chi connectivity index (χ4n) is 1.77. The molecule has 0 aliphatic carbocycles. The van der Waals surface area contributed by atoms with Gasteiger partial charge in [-0.05, 0) is 18.1 Å². The summed E-state index contributed by atoms with van der Waals surface area (Å²) in [5.74, 6) is -0.398. The van der Waals surface area contributed by atoms with Gasteiger partial charge in [0.05, 0.1) is 11.3 Å². The van der Waals surface area contributed by atoms with Crippen LogP contribution in [0, 0.1) is 0 Å². The second kappa shape index (κ2) is 3.31. The van der Waals surface area contributed by atoms with Crippen molar-refractivity contribution in [2.45, 2.75) is 12.5 Å². The molecule has 1 aliphatic heterocycles. The number of hydrogen-bond donors (Lipinski definition) is 3. The number of hydrogen-bond acceptors (Lipinski definition) is 3. The zero-order chi connectivity index (χ0) is 10.1. The van der Waals surface area contributed by atoms with Crippen LogP contribution >= 0.6 is 0 Å². The molecular formula is C10H13N3O. The summed E-state index contributed by atoms with van der Waals surface area (Å²) >= 11 is 0. The number of rotatable bonds is 1. The Morgan fingerprint density at radius 2 is 2.29 bits per heavy atom. The van der Waals surface area contributed by atoms with E-state index in [1.807, 2.05) is 12.1 Å². The highest BCUT2D eigenvalue weighted by molar-refractivity contribution is 5.99. The quantitative estimate of drug-likeness (QED) is 0.588. The molecule has 74 valence electrons. The fourth-order valence-corrected chi connectivity index (χ4v) is 1.77. The van der Waals surface area contributed by atoms with Crippen molar-refractivity contribution in [3.8, 4) is 0 Å². The van der Waals surface area contributed by atoms with Gasteiger partial charge in [0.15, 0.2) is 0 Å². The van der Waals surface area contributed by atoms with E-state index in [2.05, 4.69) is 5.32 Å². The summed E-state index contributed by atoms with van der Waals surface area (Å²) in [5, 5.41) is 3.14. The lowest BCUT2D eigenvalue weighted by Gasteiger charge is -2.24. The lowest BCUT2D eigenvalue weighted by atomic mass is 9.97. The lowest BCUT2D eigenvalue weighted by Crippen LogP contribution is -2.36. The van der Waals surface area contributed by atoms with E-state index >= 15 is 0 Å². The molecule has 1 aliphatic rings. The molecule has 4 heteroatoms. The third-order valence-corrected chi connectivity index (χ3v) is 2.44. The highest BCUT2D eigenvalue weighted by Gasteiger charge is 2.18. The van der Waals surface area contributed by atoms with Gasteiger partial charge in [0.2, 0.25) is 0 Å². The van der Waals surface area contributed by atoms with Crippen molar-refractivity contribution in [3.63, 3.8) is 0 Å². The molecule has 1 aromatic carbocycles. The Bertz CT molecular complexity index is 376. The van der Waals surface area contributed by atoms with E-state index in [1.54, 1.807) is 6.07 Å². The summed E-state index contributed by atoms with van der Waals surface area (Å²) in [6.07, 6.45) is 0.795. The number of carbonyl (C=O) groups is 1. The first-order valence-electron chi connectivity index (χ1n) is 4.59. The van der Waals surface area contributed by atoms with Gasteiger partial charge in [-0.25, -0.2) is 0 Å². The molecule has 0 saturated carbocycles. The first-order chi connectivity index (χ1) is 6.68. The van der Waals surface area contributed by atoms with Crippen molar-refractivity contribution in [2.75, 3.05) is 11.9 Å². The van der Waals surface area contributed by atoms with Crippen molar-refractivity contribution in [3.05, 3.63) is 29.3 Å². The minimum absolute atomic E-state index is 0.116. The van der Waals surface area contributed by atoms with Crippen LogP contribution in [0.3, 0.4) is 0 Å². The van der Waals surface area contributed by atoms with Crippen molar-refractivity contribution in [1.29, 1.82) is 0 Å². The zero-order valence-corrected chi connectivity index (χ0v) is 7.79. The van der Waals surface area contributed by atoms with E-state index < -0.39 is 5.91 Å². The number of amides is 1. The molecule has 0 saturated heterocycles. The van der Waals surface area contributed by atoms with Gasteiger partial charge < -0.3 is 16.8 Å². The summed E-state index contributed by atoms with van der Waals surface area (Å²) < 4.78 is 0. The molecule has 1 amide bonds. The lowest BCUT2D eigenvalue weighted by molar-refractivity contribution is 0.100. The SMILES string of the molecule is NC(=O)c1cccc2c1NC[C@@H](N)C2. The van der Waals surface area contributed by atoms with Gasteiger partial charge in [0.25, 0.3) is 5.91 Å². The van der Waals surface area contributed by atoms with Gasteiger partial charge in [0, 0.05) is 12.6 Å². The molecule has 4 nitrogen and oxygen atoms in total. The highest BCUT2D eigenvalue weighted by Crippen LogP contribution is 2.25. The Labute approximate surface area is 82.3 Å². The molecule has 1 atom stereocenters. The standard InChI is InChI=1S/C10H13N3O/c11-7-4-6-2-1-3-8(10(12)14)9(6)13-5-7/h1-3,7,13H,4-5,11H2,(H2,12,14)/t7-/m0/s1. The molecular weight excluding hydrogens is 178 g/mol. The molecule has 2 rings (SSSR count). The Kier molecular flexibility index (Phi) is 2.13. The summed E-state index contributed by atoms with van der Waals surface area (Å²) in [7, 11) is 0. The van der Waals surface area contributed by atoms with Crippen molar-refractivity contribution < 1.29 is 4.79 Å². The van der Waals surface area contributed by atoms with Crippen LogP contribution in [0.4, 0.5) is 5.69 Å². The van der Waals surface area contributed by atoms with Crippen molar-refractivity contribution >= 4 is 11.6 Å². The maximum Gasteiger partial charge on any atom is 0.250 e. The fraction of sp³-hybridized carbons (Fsp3) is 0.300. The number of nitrogens with two attached hydrogens (primary N) is 2. The third-order valence-electron chi connectivity index (χ3n) is 2.44. The van der Waals surface area contributed by atoms with E-state index in [9.17, 15) is 4.79 Å². The van der Waals surface area contributed by atoms with Crippen LogP contribution in [-0.2, 0) is 6.42 Å². The van der Waals surface area contributed by atoms with Crippen LogP contribution < -0.4 is 16.8 Å². The number of nitrogens with one attached hydrogen (secondary N) is 1. The minimum atomic E-state index is -0.398. The van der Waals surface area contributed by atoms with Crippen LogP contribution in [0.5, 0.6) is 0 Å². The second-order valence-electron chi connectivity index (χ2n) is 3.55. The van der Waals surface area contributed by atoms with E-state index in [0.717, 1.165) is 17.7 Å². The molecule has 1 aromatic rings. The molecule has 0 bridgehead atoms. The molecule has 1 heterocycles. The molecule has 0 aromatic heterocycles. The van der Waals surface area contributed by atoms with Gasteiger partial charge in [-0.3, -0.25) is 4.79 Å². The molecule has 0 unspecified atom stereocenters. The summed E-state index contributed by atoms with van der Waals surface area (Å²) in [6.45, 7) is 0.692. The summed E-state index contributed by atoms with van der Waals surface area (Å²) in [5.41, 5.74) is 13.5. The number of primary amides is 1. The van der Waals surface area contributed by atoms with Crippen LogP contribution in [0.15, 0.2) is 18.2 Å². The van der Waals surface area contributed by atoms with Gasteiger partial charge in [0.1, 0.15) is 0 Å². The Balaban J connectivity index is 2.46. The number of para-hydroxylation sites is 1. The predicted octanol–water partition coefficient (Wildman–Crippen LogP) is 0.0808. The highest BCUT2D eigenvalue weighted by atomic mass is 16.1. The second-order valence-corrected chi connectivity index (χ2v) is 3.55. The molecule has 0 radical (unpaired) electrons. The monoisotopic (exact) mass is 191 g/mol. The number of carbonyl (C=O) groups excluding carboxylic acids is 1. The van der Waals surface area contributed by atoms with E-state index in [4.69, 9.17) is 11.5 Å². The van der Waals surface area contributed by atoms with E-state index in [-0.39, 0.29) is 6.04 Å². The van der Waals surface area contributed by atoms with Gasteiger partial charge in [-0.2, -0.15) is 0 Å². The summed E-state index contributed by atoms with van der Waals surface area (Å²) in [6, 6.07) is 5.64. The van der Waals surface area contributed by atoms with Crippen molar-refractivity contribution in [2.24, 2.45) is 11.5 Å². The van der Waals surface area contributed by atoms with Crippen LogP contribution in [0.2, 0.25) is 0 Å². The first kappa shape index (κ1) is 9.02. The third kappa shape index (κ3) is 1.44. The molecule has 14 heavy (non-hydrogen) atoms. The van der Waals surface area contributed by atoms with Crippen LogP contribution in [0.1, 0.15) is 15.9 Å². The number of benzene rings is 1. The largest absolute Gasteiger partial charge is 0.383 e. The van der Waals surface area contributed by atoms with Crippen LogP contribution in [-0.4, -0.2) is 18.5 Å². The Morgan fingerprint density at radius 1 is 1.50 bits per heavy atom. The maximum absolute atomic E-state index is 11.1. The van der Waals surface area contributed by atoms with Gasteiger partial charge in [-0.15, -0.1) is 0 Å². The topological polar surface area (TPSA) is 81.1 Å². The average Bonchev–Trinajstić information content (AvgIpc) is 2.16. The van der Waals surface area contributed by atoms with E-state index in [1.165, 1.54) is 0 Å². The number of anilines is 1. The molecule has 0 spiro atoms.